The summed E-state index contributed by atoms with van der Waals surface area (Å²) in [4.78, 5) is 11.1. The van der Waals surface area contributed by atoms with E-state index in [1.54, 1.807) is 12.1 Å². The zero-order chi connectivity index (χ0) is 11.5. The molecule has 1 nitrogen and oxygen atoms in total. The van der Waals surface area contributed by atoms with E-state index in [0.717, 1.165) is 18.4 Å². The van der Waals surface area contributed by atoms with E-state index in [9.17, 15) is 13.6 Å². The number of halogens is 3. The lowest BCUT2D eigenvalue weighted by molar-refractivity contribution is 0.0536. The molecule has 0 heterocycles. The Kier molecular flexibility index (Phi) is 3.80. The summed E-state index contributed by atoms with van der Waals surface area (Å²) in [5, 5.41) is -3.81. The van der Waals surface area contributed by atoms with Crippen molar-refractivity contribution in [1.29, 1.82) is 0 Å². The third kappa shape index (κ3) is 3.27. The van der Waals surface area contributed by atoms with Gasteiger partial charge in [-0.3, -0.25) is 4.79 Å². The zero-order valence-corrected chi connectivity index (χ0v) is 9.02. The highest BCUT2D eigenvalue weighted by Gasteiger charge is 2.36. The van der Waals surface area contributed by atoms with Crippen LogP contribution >= 0.6 is 11.6 Å². The van der Waals surface area contributed by atoms with Gasteiger partial charge in [-0.05, 0) is 23.6 Å². The van der Waals surface area contributed by atoms with Crippen molar-refractivity contribution in [2.75, 3.05) is 0 Å². The molecule has 0 fully saturated rings. The molecule has 0 saturated carbocycles. The second-order valence-electron chi connectivity index (χ2n) is 3.27. The fourth-order valence-electron chi connectivity index (χ4n) is 1.28. The van der Waals surface area contributed by atoms with Gasteiger partial charge in [-0.1, -0.05) is 37.6 Å². The molecule has 1 aromatic carbocycles. The van der Waals surface area contributed by atoms with E-state index in [1.807, 2.05) is 6.92 Å². The van der Waals surface area contributed by atoms with E-state index in [-0.39, 0.29) is 5.56 Å². The monoisotopic (exact) mass is 232 g/mol. The number of ketones is 1. The molecule has 0 saturated heterocycles. The van der Waals surface area contributed by atoms with Crippen molar-refractivity contribution in [2.45, 2.75) is 25.1 Å². The van der Waals surface area contributed by atoms with Gasteiger partial charge >= 0.3 is 5.38 Å². The van der Waals surface area contributed by atoms with Crippen molar-refractivity contribution in [1.82, 2.24) is 0 Å². The predicted molar refractivity (Wildman–Crippen MR) is 55.6 cm³/mol. The summed E-state index contributed by atoms with van der Waals surface area (Å²) < 4.78 is 24.9. The molecule has 0 N–H and O–H groups in total. The van der Waals surface area contributed by atoms with Crippen LogP contribution in [0.5, 0.6) is 0 Å². The van der Waals surface area contributed by atoms with Crippen LogP contribution in [-0.2, 0) is 6.42 Å². The SMILES string of the molecule is CCCc1ccc(C(=O)C(F)(F)Cl)cc1. The number of carbonyl (C=O) groups excluding carboxylic acids is 1. The van der Waals surface area contributed by atoms with Gasteiger partial charge in [0.2, 0.25) is 5.78 Å². The Bertz CT molecular complexity index is 341. The Hall–Kier alpha value is -0.960. The molecule has 1 rings (SSSR count). The number of hydrogen-bond donors (Lipinski definition) is 0. The maximum atomic E-state index is 12.5. The highest BCUT2D eigenvalue weighted by Crippen LogP contribution is 2.24. The molecule has 0 unspecified atom stereocenters. The lowest BCUT2D eigenvalue weighted by atomic mass is 10.1. The van der Waals surface area contributed by atoms with E-state index >= 15 is 0 Å². The quantitative estimate of drug-likeness (QED) is 0.572. The van der Waals surface area contributed by atoms with Gasteiger partial charge in [-0.2, -0.15) is 8.78 Å². The van der Waals surface area contributed by atoms with Gasteiger partial charge in [0.15, 0.2) is 0 Å². The average molecular weight is 233 g/mol. The minimum absolute atomic E-state index is 0.0603. The van der Waals surface area contributed by atoms with E-state index in [4.69, 9.17) is 0 Å². The van der Waals surface area contributed by atoms with Crippen molar-refractivity contribution in [2.24, 2.45) is 0 Å². The number of rotatable bonds is 4. The van der Waals surface area contributed by atoms with Gasteiger partial charge in [-0.15, -0.1) is 0 Å². The van der Waals surface area contributed by atoms with Gasteiger partial charge < -0.3 is 0 Å². The summed E-state index contributed by atoms with van der Waals surface area (Å²) >= 11 is 4.64. The maximum absolute atomic E-state index is 12.5. The second kappa shape index (κ2) is 4.71. The molecule has 0 bridgehead atoms. The Morgan fingerprint density at radius 2 is 1.87 bits per heavy atom. The summed E-state index contributed by atoms with van der Waals surface area (Å²) in [5.41, 5.74) is 0.960. The Morgan fingerprint density at radius 3 is 2.27 bits per heavy atom. The molecule has 0 aliphatic heterocycles. The van der Waals surface area contributed by atoms with Crippen LogP contribution in [0.15, 0.2) is 24.3 Å². The molecule has 4 heteroatoms. The minimum atomic E-state index is -3.81. The third-order valence-corrected chi connectivity index (χ3v) is 2.18. The molecule has 82 valence electrons. The molecule has 15 heavy (non-hydrogen) atoms. The molecule has 0 aliphatic rings. The normalized spacial score (nSPS) is 11.5. The molecular weight excluding hydrogens is 222 g/mol. The average Bonchev–Trinajstić information content (AvgIpc) is 2.17. The lowest BCUT2D eigenvalue weighted by Gasteiger charge is -2.06. The molecule has 0 amide bonds. The van der Waals surface area contributed by atoms with Crippen LogP contribution in [0.1, 0.15) is 29.3 Å². The fraction of sp³-hybridized carbons (Fsp3) is 0.364. The Morgan fingerprint density at radius 1 is 1.33 bits per heavy atom. The largest absolute Gasteiger partial charge is 0.384 e. The lowest BCUT2D eigenvalue weighted by Crippen LogP contribution is -2.21. The predicted octanol–water partition coefficient (Wildman–Crippen LogP) is 3.65. The minimum Gasteiger partial charge on any atom is -0.286 e. The molecule has 0 aliphatic carbocycles. The van der Waals surface area contributed by atoms with Crippen LogP contribution in [0.3, 0.4) is 0 Å². The molecule has 0 radical (unpaired) electrons. The van der Waals surface area contributed by atoms with Gasteiger partial charge in [0.25, 0.3) is 0 Å². The summed E-state index contributed by atoms with van der Waals surface area (Å²) in [7, 11) is 0. The zero-order valence-electron chi connectivity index (χ0n) is 8.27. The highest BCUT2D eigenvalue weighted by atomic mass is 35.5. The Labute approximate surface area is 92.1 Å². The van der Waals surface area contributed by atoms with Crippen molar-refractivity contribution in [3.8, 4) is 0 Å². The van der Waals surface area contributed by atoms with Crippen LogP contribution < -0.4 is 0 Å². The van der Waals surface area contributed by atoms with Crippen LogP contribution in [0.4, 0.5) is 8.78 Å². The third-order valence-electron chi connectivity index (χ3n) is 2.01. The number of Topliss-reactive ketones (excluding diaryl/α,β-unsaturated/α-hetero) is 1. The first-order chi connectivity index (χ1) is 6.95. The maximum Gasteiger partial charge on any atom is 0.384 e. The van der Waals surface area contributed by atoms with Crippen LogP contribution in [-0.4, -0.2) is 11.2 Å². The van der Waals surface area contributed by atoms with Crippen molar-refractivity contribution < 1.29 is 13.6 Å². The van der Waals surface area contributed by atoms with E-state index < -0.39 is 11.2 Å². The van der Waals surface area contributed by atoms with E-state index in [2.05, 4.69) is 11.6 Å². The van der Waals surface area contributed by atoms with E-state index in [1.165, 1.54) is 12.1 Å². The van der Waals surface area contributed by atoms with Crippen molar-refractivity contribution in [3.05, 3.63) is 35.4 Å². The summed E-state index contributed by atoms with van der Waals surface area (Å²) in [5.74, 6) is -1.35. The van der Waals surface area contributed by atoms with Crippen LogP contribution in [0, 0.1) is 0 Å². The molecule has 0 spiro atoms. The van der Waals surface area contributed by atoms with Crippen LogP contribution in [0.25, 0.3) is 0 Å². The van der Waals surface area contributed by atoms with E-state index in [0.29, 0.717) is 0 Å². The topological polar surface area (TPSA) is 17.1 Å². The number of carbonyl (C=O) groups is 1. The molecule has 0 aromatic heterocycles. The van der Waals surface area contributed by atoms with Gasteiger partial charge in [0.1, 0.15) is 0 Å². The first-order valence-electron chi connectivity index (χ1n) is 4.65. The Balaban J connectivity index is 2.85. The first kappa shape index (κ1) is 12.1. The number of aryl methyl sites for hydroxylation is 1. The number of benzene rings is 1. The summed E-state index contributed by atoms with van der Waals surface area (Å²) in [6.07, 6.45) is 1.84. The molecule has 0 atom stereocenters. The van der Waals surface area contributed by atoms with Crippen molar-refractivity contribution in [3.63, 3.8) is 0 Å². The molecule has 1 aromatic rings. The van der Waals surface area contributed by atoms with Gasteiger partial charge in [-0.25, -0.2) is 0 Å². The number of hydrogen-bond acceptors (Lipinski definition) is 1. The number of alkyl halides is 3. The highest BCUT2D eigenvalue weighted by molar-refractivity contribution is 6.35. The van der Waals surface area contributed by atoms with Gasteiger partial charge in [0.05, 0.1) is 0 Å². The molecular formula is C11H11ClF2O. The first-order valence-corrected chi connectivity index (χ1v) is 5.03. The summed E-state index contributed by atoms with van der Waals surface area (Å²) in [6, 6.07) is 6.09. The standard InChI is InChI=1S/C11H11ClF2O/c1-2-3-8-4-6-9(7-5-8)10(15)11(12,13)14/h4-7H,2-3H2,1H3. The smallest absolute Gasteiger partial charge is 0.286 e. The summed E-state index contributed by atoms with van der Waals surface area (Å²) in [6.45, 7) is 2.02. The fourth-order valence-corrected chi connectivity index (χ4v) is 1.38. The van der Waals surface area contributed by atoms with Gasteiger partial charge in [0, 0.05) is 5.56 Å². The second-order valence-corrected chi connectivity index (χ2v) is 3.75. The van der Waals surface area contributed by atoms with Crippen molar-refractivity contribution >= 4 is 17.4 Å². The van der Waals surface area contributed by atoms with Crippen LogP contribution in [0.2, 0.25) is 0 Å².